The van der Waals surface area contributed by atoms with Gasteiger partial charge in [-0.1, -0.05) is 0 Å². The molecule has 66 valence electrons. The Morgan fingerprint density at radius 1 is 1.58 bits per heavy atom. The summed E-state index contributed by atoms with van der Waals surface area (Å²) in [6.45, 7) is 1.88. The highest BCUT2D eigenvalue weighted by Gasteiger charge is 2.31. The molecule has 0 bridgehead atoms. The Labute approximate surface area is 71.4 Å². The molecule has 4 heteroatoms. The van der Waals surface area contributed by atoms with Crippen LogP contribution in [-0.4, -0.2) is 36.3 Å². The van der Waals surface area contributed by atoms with Crippen molar-refractivity contribution in [2.75, 3.05) is 19.6 Å². The Kier molecular flexibility index (Phi) is 1.75. The van der Waals surface area contributed by atoms with Gasteiger partial charge in [0.05, 0.1) is 12.4 Å². The molecule has 0 unspecified atom stereocenters. The average Bonchev–Trinajstić information content (AvgIpc) is 2.85. The Morgan fingerprint density at radius 3 is 2.92 bits per heavy atom. The normalized spacial score (nSPS) is 23.7. The van der Waals surface area contributed by atoms with Crippen LogP contribution in [0, 0.1) is 11.3 Å². The van der Waals surface area contributed by atoms with Crippen molar-refractivity contribution in [1.82, 2.24) is 10.2 Å². The molecule has 1 heterocycles. The highest BCUT2D eigenvalue weighted by molar-refractivity contribution is 5.89. The van der Waals surface area contributed by atoms with E-state index in [-0.39, 0.29) is 5.91 Å². The monoisotopic (exact) mass is 167 g/mol. The van der Waals surface area contributed by atoms with E-state index in [4.69, 9.17) is 5.41 Å². The first-order valence-corrected chi connectivity index (χ1v) is 4.37. The third-order valence-corrected chi connectivity index (χ3v) is 2.34. The number of nitrogens with one attached hydrogen (secondary N) is 2. The summed E-state index contributed by atoms with van der Waals surface area (Å²) in [7, 11) is 0. The summed E-state index contributed by atoms with van der Waals surface area (Å²) >= 11 is 0. The third-order valence-electron chi connectivity index (χ3n) is 2.34. The van der Waals surface area contributed by atoms with Gasteiger partial charge in [0.15, 0.2) is 0 Å². The number of hydrogen-bond donors (Lipinski definition) is 2. The fourth-order valence-corrected chi connectivity index (χ4v) is 1.46. The summed E-state index contributed by atoms with van der Waals surface area (Å²) in [6, 6.07) is 0. The molecule has 2 fully saturated rings. The number of carbonyl (C=O) groups is 1. The van der Waals surface area contributed by atoms with Crippen molar-refractivity contribution < 1.29 is 4.79 Å². The lowest BCUT2D eigenvalue weighted by Gasteiger charge is -2.28. The summed E-state index contributed by atoms with van der Waals surface area (Å²) in [5.74, 6) is 1.17. The van der Waals surface area contributed by atoms with Crippen molar-refractivity contribution in [3.05, 3.63) is 0 Å². The second kappa shape index (κ2) is 2.77. The van der Waals surface area contributed by atoms with Gasteiger partial charge >= 0.3 is 0 Å². The van der Waals surface area contributed by atoms with Gasteiger partial charge in [-0.2, -0.15) is 0 Å². The average molecular weight is 167 g/mol. The van der Waals surface area contributed by atoms with E-state index < -0.39 is 0 Å². The molecule has 4 nitrogen and oxygen atoms in total. The van der Waals surface area contributed by atoms with Crippen LogP contribution >= 0.6 is 0 Å². The highest BCUT2D eigenvalue weighted by atomic mass is 16.2. The SMILES string of the molecule is N=C(C1CC1)N1CCNC(=O)C1. The molecule has 0 aromatic carbocycles. The standard InChI is InChI=1S/C8H13N3O/c9-8(6-1-2-6)11-4-3-10-7(12)5-11/h6,9H,1-5H2,(H,10,12). The Balaban J connectivity index is 1.93. The van der Waals surface area contributed by atoms with E-state index in [1.54, 1.807) is 0 Å². The second-order valence-electron chi connectivity index (χ2n) is 3.43. The molecule has 2 rings (SSSR count). The van der Waals surface area contributed by atoms with Gasteiger partial charge in [0.25, 0.3) is 0 Å². The smallest absolute Gasteiger partial charge is 0.239 e. The highest BCUT2D eigenvalue weighted by Crippen LogP contribution is 2.31. The molecule has 0 atom stereocenters. The van der Waals surface area contributed by atoms with Gasteiger partial charge in [-0.05, 0) is 12.8 Å². The van der Waals surface area contributed by atoms with Crippen molar-refractivity contribution >= 4 is 11.7 Å². The van der Waals surface area contributed by atoms with Crippen LogP contribution in [0.15, 0.2) is 0 Å². The van der Waals surface area contributed by atoms with E-state index in [2.05, 4.69) is 5.32 Å². The van der Waals surface area contributed by atoms with E-state index in [0.717, 1.165) is 19.4 Å². The summed E-state index contributed by atoms with van der Waals surface area (Å²) in [4.78, 5) is 12.9. The first-order chi connectivity index (χ1) is 5.77. The predicted octanol–water partition coefficient (Wildman–Crippen LogP) is -0.195. The zero-order valence-corrected chi connectivity index (χ0v) is 6.97. The number of rotatable bonds is 1. The van der Waals surface area contributed by atoms with Gasteiger partial charge in [-0.25, -0.2) is 0 Å². The summed E-state index contributed by atoms with van der Waals surface area (Å²) in [6.07, 6.45) is 2.27. The number of hydrogen-bond acceptors (Lipinski definition) is 2. The minimum Gasteiger partial charge on any atom is -0.353 e. The van der Waals surface area contributed by atoms with Gasteiger partial charge in [0, 0.05) is 19.0 Å². The Morgan fingerprint density at radius 2 is 2.33 bits per heavy atom. The van der Waals surface area contributed by atoms with Crippen molar-refractivity contribution in [1.29, 1.82) is 5.41 Å². The molecule has 1 amide bonds. The molecule has 0 aromatic heterocycles. The van der Waals surface area contributed by atoms with Gasteiger partial charge in [-0.15, -0.1) is 0 Å². The molecular formula is C8H13N3O. The molecule has 1 aliphatic heterocycles. The van der Waals surface area contributed by atoms with Crippen molar-refractivity contribution in [3.8, 4) is 0 Å². The van der Waals surface area contributed by atoms with Crippen molar-refractivity contribution in [2.45, 2.75) is 12.8 Å². The molecule has 1 saturated carbocycles. The van der Waals surface area contributed by atoms with Crippen molar-refractivity contribution in [2.24, 2.45) is 5.92 Å². The van der Waals surface area contributed by atoms with Crippen LogP contribution in [0.1, 0.15) is 12.8 Å². The number of amides is 1. The lowest BCUT2D eigenvalue weighted by atomic mass is 10.3. The van der Waals surface area contributed by atoms with Crippen LogP contribution in [0.5, 0.6) is 0 Å². The molecule has 1 saturated heterocycles. The van der Waals surface area contributed by atoms with E-state index in [1.807, 2.05) is 4.90 Å². The van der Waals surface area contributed by atoms with E-state index in [0.29, 0.717) is 24.8 Å². The molecule has 0 radical (unpaired) electrons. The molecule has 0 spiro atoms. The fourth-order valence-electron chi connectivity index (χ4n) is 1.46. The number of nitrogens with zero attached hydrogens (tertiary/aromatic N) is 1. The van der Waals surface area contributed by atoms with Gasteiger partial charge in [0.1, 0.15) is 0 Å². The largest absolute Gasteiger partial charge is 0.353 e. The van der Waals surface area contributed by atoms with E-state index >= 15 is 0 Å². The number of carbonyl (C=O) groups excluding carboxylic acids is 1. The third kappa shape index (κ3) is 1.42. The molecule has 2 aliphatic rings. The first kappa shape index (κ1) is 7.58. The van der Waals surface area contributed by atoms with Gasteiger partial charge in [0.2, 0.25) is 5.91 Å². The second-order valence-corrected chi connectivity index (χ2v) is 3.43. The van der Waals surface area contributed by atoms with Gasteiger partial charge < -0.3 is 10.2 Å². The zero-order chi connectivity index (χ0) is 8.55. The maximum atomic E-state index is 11.0. The van der Waals surface area contributed by atoms with Crippen LogP contribution in [0.3, 0.4) is 0 Å². The number of piperazine rings is 1. The van der Waals surface area contributed by atoms with Crippen LogP contribution in [0.2, 0.25) is 0 Å². The maximum Gasteiger partial charge on any atom is 0.239 e. The minimum absolute atomic E-state index is 0.0478. The molecular weight excluding hydrogens is 154 g/mol. The van der Waals surface area contributed by atoms with E-state index in [1.165, 1.54) is 0 Å². The lowest BCUT2D eigenvalue weighted by Crippen LogP contribution is -2.50. The molecule has 2 N–H and O–H groups in total. The molecule has 0 aromatic rings. The maximum absolute atomic E-state index is 11.0. The van der Waals surface area contributed by atoms with E-state index in [9.17, 15) is 4.79 Å². The topological polar surface area (TPSA) is 56.2 Å². The van der Waals surface area contributed by atoms with Crippen LogP contribution < -0.4 is 5.32 Å². The Bertz CT molecular complexity index is 222. The summed E-state index contributed by atoms with van der Waals surface area (Å²) in [5.41, 5.74) is 0. The molecule has 1 aliphatic carbocycles. The molecule has 12 heavy (non-hydrogen) atoms. The number of amidine groups is 1. The van der Waals surface area contributed by atoms with Crippen molar-refractivity contribution in [3.63, 3.8) is 0 Å². The van der Waals surface area contributed by atoms with Gasteiger partial charge in [-0.3, -0.25) is 10.2 Å². The lowest BCUT2D eigenvalue weighted by molar-refractivity contribution is -0.122. The van der Waals surface area contributed by atoms with Crippen LogP contribution in [-0.2, 0) is 4.79 Å². The van der Waals surface area contributed by atoms with Crippen LogP contribution in [0.25, 0.3) is 0 Å². The summed E-state index contributed by atoms with van der Waals surface area (Å²) < 4.78 is 0. The fraction of sp³-hybridized carbons (Fsp3) is 0.750. The minimum atomic E-state index is 0.0478. The first-order valence-electron chi connectivity index (χ1n) is 4.37. The Hall–Kier alpha value is -1.06. The quantitative estimate of drug-likeness (QED) is 0.420. The van der Waals surface area contributed by atoms with Crippen LogP contribution in [0.4, 0.5) is 0 Å². The summed E-state index contributed by atoms with van der Waals surface area (Å²) in [5, 5.41) is 10.5. The predicted molar refractivity (Wildman–Crippen MR) is 45.0 cm³/mol. The zero-order valence-electron chi connectivity index (χ0n) is 6.97.